The predicted molar refractivity (Wildman–Crippen MR) is 71.5 cm³/mol. The van der Waals surface area contributed by atoms with Gasteiger partial charge in [-0.2, -0.15) is 13.2 Å². The standard InChI is InChI=1S/C11H10BrCl2F3O2/c12-5-7-3-8(13)4-9(14)10(7)19-2-1-18-6-11(15,16)17/h3-4H,1-2,5-6H2. The number of ether oxygens (including phenoxy) is 2. The lowest BCUT2D eigenvalue weighted by Crippen LogP contribution is -2.19. The first-order chi connectivity index (χ1) is 8.83. The van der Waals surface area contributed by atoms with Gasteiger partial charge in [-0.05, 0) is 12.1 Å². The topological polar surface area (TPSA) is 18.5 Å². The van der Waals surface area contributed by atoms with Gasteiger partial charge in [0.1, 0.15) is 19.0 Å². The molecule has 0 heterocycles. The molecule has 0 unspecified atom stereocenters. The maximum absolute atomic E-state index is 11.8. The lowest BCUT2D eigenvalue weighted by Gasteiger charge is -2.13. The van der Waals surface area contributed by atoms with Crippen LogP contribution in [0.1, 0.15) is 5.56 Å². The van der Waals surface area contributed by atoms with Crippen molar-refractivity contribution in [3.05, 3.63) is 27.7 Å². The first-order valence-corrected chi connectivity index (χ1v) is 7.02. The molecule has 0 aromatic heterocycles. The van der Waals surface area contributed by atoms with Crippen molar-refractivity contribution >= 4 is 39.1 Å². The molecule has 0 bridgehead atoms. The zero-order chi connectivity index (χ0) is 14.5. The number of halogens is 6. The van der Waals surface area contributed by atoms with E-state index in [1.807, 2.05) is 0 Å². The van der Waals surface area contributed by atoms with Crippen molar-refractivity contribution in [2.45, 2.75) is 11.5 Å². The third kappa shape index (κ3) is 6.21. The highest BCUT2D eigenvalue weighted by Gasteiger charge is 2.27. The molecule has 108 valence electrons. The van der Waals surface area contributed by atoms with E-state index in [1.54, 1.807) is 6.07 Å². The zero-order valence-corrected chi connectivity index (χ0v) is 12.7. The summed E-state index contributed by atoms with van der Waals surface area (Å²) in [5.41, 5.74) is 0.716. The lowest BCUT2D eigenvalue weighted by atomic mass is 10.2. The van der Waals surface area contributed by atoms with Gasteiger partial charge in [-0.15, -0.1) is 0 Å². The van der Waals surface area contributed by atoms with Crippen LogP contribution < -0.4 is 4.74 Å². The maximum Gasteiger partial charge on any atom is 0.411 e. The minimum absolute atomic E-state index is 0.0303. The van der Waals surface area contributed by atoms with E-state index in [0.717, 1.165) is 0 Å². The Morgan fingerprint density at radius 3 is 2.42 bits per heavy atom. The summed E-state index contributed by atoms with van der Waals surface area (Å²) in [7, 11) is 0. The van der Waals surface area contributed by atoms with Crippen molar-refractivity contribution in [2.24, 2.45) is 0 Å². The van der Waals surface area contributed by atoms with Crippen LogP contribution in [-0.2, 0) is 10.1 Å². The molecule has 0 saturated heterocycles. The van der Waals surface area contributed by atoms with Crippen LogP contribution in [0.3, 0.4) is 0 Å². The second kappa shape index (κ2) is 7.57. The Balaban J connectivity index is 2.49. The van der Waals surface area contributed by atoms with E-state index in [9.17, 15) is 13.2 Å². The number of alkyl halides is 4. The zero-order valence-electron chi connectivity index (χ0n) is 9.57. The second-order valence-electron chi connectivity index (χ2n) is 3.53. The highest BCUT2D eigenvalue weighted by atomic mass is 79.9. The fraction of sp³-hybridized carbons (Fsp3) is 0.455. The SMILES string of the molecule is FC(F)(F)COCCOc1c(Cl)cc(Cl)cc1CBr. The molecule has 0 saturated carbocycles. The van der Waals surface area contributed by atoms with Crippen LogP contribution >= 0.6 is 39.1 Å². The van der Waals surface area contributed by atoms with E-state index >= 15 is 0 Å². The van der Waals surface area contributed by atoms with Crippen LogP contribution in [0, 0.1) is 0 Å². The first kappa shape index (κ1) is 16.9. The average molecular weight is 382 g/mol. The van der Waals surface area contributed by atoms with Crippen LogP contribution in [0.25, 0.3) is 0 Å². The molecular weight excluding hydrogens is 372 g/mol. The van der Waals surface area contributed by atoms with Crippen molar-refractivity contribution in [1.29, 1.82) is 0 Å². The van der Waals surface area contributed by atoms with Crippen LogP contribution in [-0.4, -0.2) is 26.0 Å². The van der Waals surface area contributed by atoms with Gasteiger partial charge in [-0.1, -0.05) is 39.1 Å². The summed E-state index contributed by atoms with van der Waals surface area (Å²) in [5, 5.41) is 1.23. The largest absolute Gasteiger partial charge is 0.489 e. The molecule has 0 atom stereocenters. The summed E-state index contributed by atoms with van der Waals surface area (Å²) in [4.78, 5) is 0. The number of hydrogen-bond donors (Lipinski definition) is 0. The Morgan fingerprint density at radius 1 is 1.16 bits per heavy atom. The van der Waals surface area contributed by atoms with Crippen molar-refractivity contribution < 1.29 is 22.6 Å². The molecular formula is C11H10BrCl2F3O2. The van der Waals surface area contributed by atoms with E-state index in [4.69, 9.17) is 27.9 Å². The minimum Gasteiger partial charge on any atom is -0.489 e. The van der Waals surface area contributed by atoms with Gasteiger partial charge in [0.15, 0.2) is 0 Å². The van der Waals surface area contributed by atoms with E-state index in [1.165, 1.54) is 6.07 Å². The number of hydrogen-bond acceptors (Lipinski definition) is 2. The van der Waals surface area contributed by atoms with Gasteiger partial charge < -0.3 is 9.47 Å². The van der Waals surface area contributed by atoms with Crippen LogP contribution in [0.5, 0.6) is 5.75 Å². The normalized spacial score (nSPS) is 11.7. The molecule has 0 aliphatic heterocycles. The summed E-state index contributed by atoms with van der Waals surface area (Å²) in [6, 6.07) is 3.16. The Bertz CT molecular complexity index is 427. The van der Waals surface area contributed by atoms with Crippen molar-refractivity contribution in [2.75, 3.05) is 19.8 Å². The quantitative estimate of drug-likeness (QED) is 0.518. The molecule has 1 rings (SSSR count). The number of rotatable bonds is 6. The Labute approximate surface area is 126 Å². The van der Waals surface area contributed by atoms with Gasteiger partial charge in [0.05, 0.1) is 11.6 Å². The van der Waals surface area contributed by atoms with Crippen LogP contribution in [0.15, 0.2) is 12.1 Å². The monoisotopic (exact) mass is 380 g/mol. The van der Waals surface area contributed by atoms with Gasteiger partial charge in [0.25, 0.3) is 0 Å². The van der Waals surface area contributed by atoms with Gasteiger partial charge >= 0.3 is 6.18 Å². The molecule has 0 amide bonds. The second-order valence-corrected chi connectivity index (χ2v) is 4.93. The molecule has 8 heteroatoms. The highest BCUT2D eigenvalue weighted by molar-refractivity contribution is 9.08. The third-order valence-electron chi connectivity index (χ3n) is 1.97. The van der Waals surface area contributed by atoms with Gasteiger partial charge in [-0.3, -0.25) is 0 Å². The first-order valence-electron chi connectivity index (χ1n) is 5.14. The van der Waals surface area contributed by atoms with Crippen molar-refractivity contribution in [3.8, 4) is 5.75 Å². The predicted octanol–water partition coefficient (Wildman–Crippen LogP) is 4.85. The molecule has 0 aliphatic carbocycles. The van der Waals surface area contributed by atoms with Gasteiger partial charge in [-0.25, -0.2) is 0 Å². The van der Waals surface area contributed by atoms with Gasteiger partial charge in [0, 0.05) is 15.9 Å². The summed E-state index contributed by atoms with van der Waals surface area (Å²) >= 11 is 15.0. The van der Waals surface area contributed by atoms with E-state index < -0.39 is 12.8 Å². The Hall–Kier alpha value is -0.170. The molecule has 0 fully saturated rings. The van der Waals surface area contributed by atoms with Crippen molar-refractivity contribution in [3.63, 3.8) is 0 Å². The Kier molecular flexibility index (Phi) is 6.73. The van der Waals surface area contributed by atoms with E-state index in [0.29, 0.717) is 26.7 Å². The highest BCUT2D eigenvalue weighted by Crippen LogP contribution is 2.33. The van der Waals surface area contributed by atoms with Crippen molar-refractivity contribution in [1.82, 2.24) is 0 Å². The molecule has 19 heavy (non-hydrogen) atoms. The smallest absolute Gasteiger partial charge is 0.411 e. The van der Waals surface area contributed by atoms with E-state index in [-0.39, 0.29) is 13.2 Å². The van der Waals surface area contributed by atoms with Crippen LogP contribution in [0.4, 0.5) is 13.2 Å². The van der Waals surface area contributed by atoms with E-state index in [2.05, 4.69) is 20.7 Å². The summed E-state index contributed by atoms with van der Waals surface area (Å²) in [5.74, 6) is 0.388. The fourth-order valence-corrected chi connectivity index (χ4v) is 2.27. The molecule has 0 spiro atoms. The molecule has 2 nitrogen and oxygen atoms in total. The summed E-state index contributed by atoms with van der Waals surface area (Å²) in [6.07, 6.45) is -4.33. The molecule has 1 aromatic carbocycles. The lowest BCUT2D eigenvalue weighted by molar-refractivity contribution is -0.175. The summed E-state index contributed by atoms with van der Waals surface area (Å²) in [6.45, 7) is -1.51. The average Bonchev–Trinajstić information content (AvgIpc) is 2.29. The molecule has 0 aliphatic rings. The van der Waals surface area contributed by atoms with Gasteiger partial charge in [0.2, 0.25) is 0 Å². The molecule has 0 N–H and O–H groups in total. The maximum atomic E-state index is 11.8. The molecule has 1 aromatic rings. The number of benzene rings is 1. The van der Waals surface area contributed by atoms with Crippen LogP contribution in [0.2, 0.25) is 10.0 Å². The Morgan fingerprint density at radius 2 is 1.84 bits per heavy atom. The minimum atomic E-state index is -4.33. The fourth-order valence-electron chi connectivity index (χ4n) is 1.27. The molecule has 0 radical (unpaired) electrons. The summed E-state index contributed by atoms with van der Waals surface area (Å²) < 4.78 is 45.2. The third-order valence-corrected chi connectivity index (χ3v) is 3.07.